The molecule has 0 saturated carbocycles. The molecular formula is C14H12BrN3O2. The first-order valence-corrected chi connectivity index (χ1v) is 6.71. The zero-order chi connectivity index (χ0) is 14.1. The standard InChI is InChI=1S/C14H12BrN3O2/c1-19-9-4-2-8(3-5-9)11-12(17-18-14(11)16)10-6-7-20-13(10)15/h2-7H,1H3,(H3,16,17,18). The Hall–Kier alpha value is -2.21. The van der Waals surface area contributed by atoms with Gasteiger partial charge < -0.3 is 14.9 Å². The highest BCUT2D eigenvalue weighted by Gasteiger charge is 2.18. The maximum Gasteiger partial charge on any atom is 0.178 e. The van der Waals surface area contributed by atoms with Crippen LogP contribution in [0.4, 0.5) is 5.82 Å². The van der Waals surface area contributed by atoms with E-state index in [4.69, 9.17) is 14.9 Å². The Balaban J connectivity index is 2.13. The molecular weight excluding hydrogens is 322 g/mol. The first-order chi connectivity index (χ1) is 9.70. The van der Waals surface area contributed by atoms with E-state index in [1.807, 2.05) is 30.3 Å². The summed E-state index contributed by atoms with van der Waals surface area (Å²) < 4.78 is 11.1. The van der Waals surface area contributed by atoms with Gasteiger partial charge in [-0.3, -0.25) is 5.10 Å². The van der Waals surface area contributed by atoms with Crippen LogP contribution in [0, 0.1) is 0 Å². The first-order valence-electron chi connectivity index (χ1n) is 5.92. The molecule has 2 heterocycles. The lowest BCUT2D eigenvalue weighted by Gasteiger charge is -2.05. The maximum atomic E-state index is 5.98. The van der Waals surface area contributed by atoms with E-state index < -0.39 is 0 Å². The van der Waals surface area contributed by atoms with Crippen molar-refractivity contribution in [3.05, 3.63) is 41.3 Å². The van der Waals surface area contributed by atoms with Gasteiger partial charge in [0.1, 0.15) is 5.75 Å². The molecule has 0 aliphatic carbocycles. The Morgan fingerprint density at radius 2 is 2.00 bits per heavy atom. The molecule has 0 bridgehead atoms. The van der Waals surface area contributed by atoms with Gasteiger partial charge in [0, 0.05) is 0 Å². The summed E-state index contributed by atoms with van der Waals surface area (Å²) in [7, 11) is 1.63. The molecule has 0 amide bonds. The van der Waals surface area contributed by atoms with Crippen molar-refractivity contribution in [1.82, 2.24) is 10.2 Å². The number of hydrogen-bond donors (Lipinski definition) is 2. The van der Waals surface area contributed by atoms with Crippen molar-refractivity contribution in [3.8, 4) is 28.1 Å². The van der Waals surface area contributed by atoms with Crippen LogP contribution in [0.3, 0.4) is 0 Å². The van der Waals surface area contributed by atoms with E-state index in [0.717, 1.165) is 28.1 Å². The fraction of sp³-hybridized carbons (Fsp3) is 0.0714. The summed E-state index contributed by atoms with van der Waals surface area (Å²) in [5.74, 6) is 1.24. The van der Waals surface area contributed by atoms with Gasteiger partial charge in [-0.05, 0) is 39.7 Å². The van der Waals surface area contributed by atoms with Crippen LogP contribution in [0.15, 0.2) is 45.7 Å². The number of halogens is 1. The smallest absolute Gasteiger partial charge is 0.178 e. The summed E-state index contributed by atoms with van der Waals surface area (Å²) in [5, 5.41) is 7.04. The number of aromatic amines is 1. The van der Waals surface area contributed by atoms with Crippen LogP contribution < -0.4 is 10.5 Å². The van der Waals surface area contributed by atoms with Gasteiger partial charge in [-0.15, -0.1) is 0 Å². The van der Waals surface area contributed by atoms with Crippen LogP contribution in [-0.4, -0.2) is 17.3 Å². The zero-order valence-corrected chi connectivity index (χ0v) is 12.3. The molecule has 102 valence electrons. The van der Waals surface area contributed by atoms with Crippen LogP contribution in [0.2, 0.25) is 0 Å². The molecule has 1 aromatic carbocycles. The number of nitrogens with two attached hydrogens (primary N) is 1. The highest BCUT2D eigenvalue weighted by molar-refractivity contribution is 9.10. The zero-order valence-electron chi connectivity index (χ0n) is 10.7. The fourth-order valence-electron chi connectivity index (χ4n) is 2.07. The monoisotopic (exact) mass is 333 g/mol. The number of aromatic nitrogens is 2. The van der Waals surface area contributed by atoms with Gasteiger partial charge in [0.2, 0.25) is 0 Å². The fourth-order valence-corrected chi connectivity index (χ4v) is 2.51. The van der Waals surface area contributed by atoms with Gasteiger partial charge >= 0.3 is 0 Å². The summed E-state index contributed by atoms with van der Waals surface area (Å²) in [6.45, 7) is 0. The second kappa shape index (κ2) is 5.05. The Bertz CT molecular complexity index is 731. The number of rotatable bonds is 3. The van der Waals surface area contributed by atoms with E-state index >= 15 is 0 Å². The molecule has 0 saturated heterocycles. The van der Waals surface area contributed by atoms with E-state index in [1.54, 1.807) is 13.4 Å². The summed E-state index contributed by atoms with van der Waals surface area (Å²) in [6, 6.07) is 9.51. The molecule has 0 unspecified atom stereocenters. The van der Waals surface area contributed by atoms with Crippen molar-refractivity contribution in [2.75, 3.05) is 12.8 Å². The van der Waals surface area contributed by atoms with Crippen molar-refractivity contribution in [2.45, 2.75) is 0 Å². The van der Waals surface area contributed by atoms with E-state index in [2.05, 4.69) is 26.1 Å². The molecule has 0 aliphatic rings. The van der Waals surface area contributed by atoms with Crippen molar-refractivity contribution < 1.29 is 9.15 Å². The predicted molar refractivity (Wildman–Crippen MR) is 80.4 cm³/mol. The molecule has 3 rings (SSSR count). The SMILES string of the molecule is COc1ccc(-c2c(N)n[nH]c2-c2ccoc2Br)cc1. The number of H-pyrrole nitrogens is 1. The number of ether oxygens (including phenoxy) is 1. The van der Waals surface area contributed by atoms with Crippen molar-refractivity contribution in [3.63, 3.8) is 0 Å². The molecule has 3 aromatic rings. The van der Waals surface area contributed by atoms with Gasteiger partial charge in [-0.25, -0.2) is 0 Å². The third-order valence-corrected chi connectivity index (χ3v) is 3.67. The van der Waals surface area contributed by atoms with Crippen LogP contribution in [-0.2, 0) is 0 Å². The third-order valence-electron chi connectivity index (χ3n) is 3.06. The van der Waals surface area contributed by atoms with Gasteiger partial charge in [0.15, 0.2) is 10.5 Å². The van der Waals surface area contributed by atoms with Gasteiger partial charge in [0.25, 0.3) is 0 Å². The maximum absolute atomic E-state index is 5.98. The number of hydrogen-bond acceptors (Lipinski definition) is 4. The Morgan fingerprint density at radius 3 is 2.60 bits per heavy atom. The number of benzene rings is 1. The second-order valence-corrected chi connectivity index (χ2v) is 4.92. The lowest BCUT2D eigenvalue weighted by molar-refractivity contribution is 0.415. The highest BCUT2D eigenvalue weighted by atomic mass is 79.9. The molecule has 5 nitrogen and oxygen atoms in total. The number of anilines is 1. The number of methoxy groups -OCH3 is 1. The Kier molecular flexibility index (Phi) is 3.23. The Labute approximate surface area is 123 Å². The summed E-state index contributed by atoms with van der Waals surface area (Å²) >= 11 is 3.37. The van der Waals surface area contributed by atoms with E-state index in [9.17, 15) is 0 Å². The lowest BCUT2D eigenvalue weighted by Crippen LogP contribution is -1.89. The molecule has 20 heavy (non-hydrogen) atoms. The Morgan fingerprint density at radius 1 is 1.25 bits per heavy atom. The number of furan rings is 1. The lowest BCUT2D eigenvalue weighted by atomic mass is 10.0. The predicted octanol–water partition coefficient (Wildman–Crippen LogP) is 3.69. The minimum Gasteiger partial charge on any atom is -0.497 e. The number of nitrogen functional groups attached to an aromatic ring is 1. The number of nitrogens with one attached hydrogen (secondary N) is 1. The molecule has 0 atom stereocenters. The molecule has 0 aliphatic heterocycles. The van der Waals surface area contributed by atoms with Gasteiger partial charge in [-0.1, -0.05) is 12.1 Å². The number of nitrogens with zero attached hydrogens (tertiary/aromatic N) is 1. The minimum absolute atomic E-state index is 0.443. The summed E-state index contributed by atoms with van der Waals surface area (Å²) in [5.41, 5.74) is 9.47. The molecule has 0 fully saturated rings. The quantitative estimate of drug-likeness (QED) is 0.766. The third kappa shape index (κ3) is 2.08. The van der Waals surface area contributed by atoms with Crippen LogP contribution in [0.5, 0.6) is 5.75 Å². The van der Waals surface area contributed by atoms with Crippen LogP contribution in [0.25, 0.3) is 22.4 Å². The molecule has 0 radical (unpaired) electrons. The molecule has 6 heteroatoms. The molecule has 2 aromatic heterocycles. The normalized spacial score (nSPS) is 10.7. The average Bonchev–Trinajstić information content (AvgIpc) is 3.05. The van der Waals surface area contributed by atoms with E-state index in [-0.39, 0.29) is 0 Å². The van der Waals surface area contributed by atoms with Crippen LogP contribution in [0.1, 0.15) is 0 Å². The molecule has 3 N–H and O–H groups in total. The van der Waals surface area contributed by atoms with Crippen molar-refractivity contribution >= 4 is 21.7 Å². The van der Waals surface area contributed by atoms with Crippen LogP contribution >= 0.6 is 15.9 Å². The summed E-state index contributed by atoms with van der Waals surface area (Å²) in [6.07, 6.45) is 1.61. The minimum atomic E-state index is 0.443. The van der Waals surface area contributed by atoms with Gasteiger partial charge in [-0.2, -0.15) is 5.10 Å². The van der Waals surface area contributed by atoms with Gasteiger partial charge in [0.05, 0.1) is 30.2 Å². The van der Waals surface area contributed by atoms with Crippen molar-refractivity contribution in [2.24, 2.45) is 0 Å². The molecule has 0 spiro atoms. The largest absolute Gasteiger partial charge is 0.497 e. The average molecular weight is 334 g/mol. The van der Waals surface area contributed by atoms with Crippen molar-refractivity contribution in [1.29, 1.82) is 0 Å². The topological polar surface area (TPSA) is 77.1 Å². The van der Waals surface area contributed by atoms with E-state index in [0.29, 0.717) is 10.5 Å². The van der Waals surface area contributed by atoms with E-state index in [1.165, 1.54) is 0 Å². The summed E-state index contributed by atoms with van der Waals surface area (Å²) in [4.78, 5) is 0. The highest BCUT2D eigenvalue weighted by Crippen LogP contribution is 2.38. The first kappa shape index (κ1) is 12.8. The second-order valence-electron chi connectivity index (χ2n) is 4.20.